The standard InChI is InChI=1S/C15H22O2/c1-14(2,3)11-15(4,5)13(16)17-12-9-7-6-8-10-12/h6-10H,11H2,1-5H3. The van der Waals surface area contributed by atoms with Crippen molar-refractivity contribution in [2.75, 3.05) is 0 Å². The third-order valence-corrected chi connectivity index (χ3v) is 2.48. The van der Waals surface area contributed by atoms with Crippen molar-refractivity contribution in [2.45, 2.75) is 41.0 Å². The second-order valence-electron chi connectivity index (χ2n) is 6.32. The minimum atomic E-state index is -0.464. The van der Waals surface area contributed by atoms with Crippen molar-refractivity contribution in [3.63, 3.8) is 0 Å². The van der Waals surface area contributed by atoms with Gasteiger partial charge in [-0.3, -0.25) is 4.79 Å². The van der Waals surface area contributed by atoms with Crippen molar-refractivity contribution in [3.8, 4) is 5.75 Å². The predicted octanol–water partition coefficient (Wildman–Crippen LogP) is 4.05. The topological polar surface area (TPSA) is 26.3 Å². The highest BCUT2D eigenvalue weighted by molar-refractivity contribution is 5.78. The SMILES string of the molecule is CC(C)(C)CC(C)(C)C(=O)Oc1ccccc1. The van der Waals surface area contributed by atoms with E-state index >= 15 is 0 Å². The molecule has 0 heterocycles. The van der Waals surface area contributed by atoms with Crippen LogP contribution in [0, 0.1) is 10.8 Å². The van der Waals surface area contributed by atoms with Gasteiger partial charge in [-0.05, 0) is 37.8 Å². The van der Waals surface area contributed by atoms with Gasteiger partial charge < -0.3 is 4.74 Å². The molecule has 0 aromatic heterocycles. The molecule has 0 spiro atoms. The van der Waals surface area contributed by atoms with E-state index in [0.29, 0.717) is 5.75 Å². The van der Waals surface area contributed by atoms with Gasteiger partial charge in [0.25, 0.3) is 0 Å². The maximum atomic E-state index is 12.1. The molecule has 0 radical (unpaired) electrons. The van der Waals surface area contributed by atoms with Gasteiger partial charge in [-0.15, -0.1) is 0 Å². The van der Waals surface area contributed by atoms with Gasteiger partial charge >= 0.3 is 5.97 Å². The van der Waals surface area contributed by atoms with Crippen LogP contribution in [0.3, 0.4) is 0 Å². The first-order valence-corrected chi connectivity index (χ1v) is 5.98. The molecule has 0 amide bonds. The van der Waals surface area contributed by atoms with Crippen LogP contribution in [-0.4, -0.2) is 5.97 Å². The number of ether oxygens (including phenoxy) is 1. The summed E-state index contributed by atoms with van der Waals surface area (Å²) < 4.78 is 5.39. The zero-order valence-electron chi connectivity index (χ0n) is 11.4. The summed E-state index contributed by atoms with van der Waals surface area (Å²) in [6.07, 6.45) is 0.797. The molecule has 0 N–H and O–H groups in total. The Kier molecular flexibility index (Phi) is 3.97. The lowest BCUT2D eigenvalue weighted by atomic mass is 9.76. The normalized spacial score (nSPS) is 12.3. The van der Waals surface area contributed by atoms with Crippen molar-refractivity contribution in [2.24, 2.45) is 10.8 Å². The molecule has 1 aromatic carbocycles. The molecule has 0 fully saturated rings. The lowest BCUT2D eigenvalue weighted by molar-refractivity contribution is -0.145. The molecule has 94 valence electrons. The molecule has 0 aliphatic heterocycles. The molecule has 0 bridgehead atoms. The van der Waals surface area contributed by atoms with E-state index in [1.165, 1.54) is 0 Å². The number of carbonyl (C=O) groups excluding carboxylic acids is 1. The van der Waals surface area contributed by atoms with E-state index in [4.69, 9.17) is 4.74 Å². The Bertz CT molecular complexity index is 372. The monoisotopic (exact) mass is 234 g/mol. The van der Waals surface area contributed by atoms with Gasteiger partial charge in [0.05, 0.1) is 5.41 Å². The van der Waals surface area contributed by atoms with E-state index < -0.39 is 5.41 Å². The molecule has 1 rings (SSSR count). The van der Waals surface area contributed by atoms with E-state index in [1.54, 1.807) is 12.1 Å². The Hall–Kier alpha value is -1.31. The molecular weight excluding hydrogens is 212 g/mol. The summed E-state index contributed by atoms with van der Waals surface area (Å²) in [7, 11) is 0. The van der Waals surface area contributed by atoms with Crippen LogP contribution in [0.15, 0.2) is 30.3 Å². The van der Waals surface area contributed by atoms with E-state index in [9.17, 15) is 4.79 Å². The number of carbonyl (C=O) groups is 1. The van der Waals surface area contributed by atoms with Crippen LogP contribution in [-0.2, 0) is 4.79 Å². The number of para-hydroxylation sites is 1. The van der Waals surface area contributed by atoms with Crippen molar-refractivity contribution in [3.05, 3.63) is 30.3 Å². The van der Waals surface area contributed by atoms with E-state index in [-0.39, 0.29) is 11.4 Å². The van der Waals surface area contributed by atoms with Gasteiger partial charge in [-0.25, -0.2) is 0 Å². The summed E-state index contributed by atoms with van der Waals surface area (Å²) in [5.41, 5.74) is -0.354. The minimum Gasteiger partial charge on any atom is -0.426 e. The van der Waals surface area contributed by atoms with Crippen LogP contribution < -0.4 is 4.74 Å². The Labute approximate surface area is 104 Å². The van der Waals surface area contributed by atoms with E-state index in [1.807, 2.05) is 32.0 Å². The highest BCUT2D eigenvalue weighted by Gasteiger charge is 2.34. The lowest BCUT2D eigenvalue weighted by Crippen LogP contribution is -2.33. The molecule has 2 heteroatoms. The zero-order valence-corrected chi connectivity index (χ0v) is 11.4. The lowest BCUT2D eigenvalue weighted by Gasteiger charge is -2.30. The Morgan fingerprint density at radius 1 is 1.06 bits per heavy atom. The van der Waals surface area contributed by atoms with Crippen molar-refractivity contribution >= 4 is 5.97 Å². The van der Waals surface area contributed by atoms with Gasteiger partial charge in [-0.2, -0.15) is 0 Å². The molecule has 0 atom stereocenters. The Morgan fingerprint density at radius 2 is 1.59 bits per heavy atom. The fourth-order valence-corrected chi connectivity index (χ4v) is 2.13. The predicted molar refractivity (Wildman–Crippen MR) is 69.9 cm³/mol. The van der Waals surface area contributed by atoms with Crippen molar-refractivity contribution in [1.29, 1.82) is 0 Å². The summed E-state index contributed by atoms with van der Waals surface area (Å²) in [6.45, 7) is 10.3. The van der Waals surface area contributed by atoms with Crippen LogP contribution in [0.1, 0.15) is 41.0 Å². The quantitative estimate of drug-likeness (QED) is 0.582. The smallest absolute Gasteiger partial charge is 0.316 e. The summed E-state index contributed by atoms with van der Waals surface area (Å²) in [4.78, 5) is 12.1. The summed E-state index contributed by atoms with van der Waals surface area (Å²) in [5, 5.41) is 0. The third kappa shape index (κ3) is 4.59. The molecule has 1 aromatic rings. The van der Waals surface area contributed by atoms with E-state index in [0.717, 1.165) is 6.42 Å². The molecule has 17 heavy (non-hydrogen) atoms. The second-order valence-corrected chi connectivity index (χ2v) is 6.32. The number of hydrogen-bond donors (Lipinski definition) is 0. The molecule has 0 unspecified atom stereocenters. The van der Waals surface area contributed by atoms with Gasteiger partial charge in [0, 0.05) is 0 Å². The number of benzene rings is 1. The number of hydrogen-bond acceptors (Lipinski definition) is 2. The summed E-state index contributed by atoms with van der Waals surface area (Å²) in [6, 6.07) is 9.21. The number of esters is 1. The molecule has 0 aliphatic rings. The fourth-order valence-electron chi connectivity index (χ4n) is 2.13. The average Bonchev–Trinajstić information content (AvgIpc) is 2.15. The van der Waals surface area contributed by atoms with Gasteiger partial charge in [0.2, 0.25) is 0 Å². The maximum Gasteiger partial charge on any atom is 0.316 e. The van der Waals surface area contributed by atoms with E-state index in [2.05, 4.69) is 20.8 Å². The Morgan fingerprint density at radius 3 is 2.06 bits per heavy atom. The summed E-state index contributed by atoms with van der Waals surface area (Å²) in [5.74, 6) is 0.443. The first kappa shape index (κ1) is 13.8. The highest BCUT2D eigenvalue weighted by atomic mass is 16.5. The van der Waals surface area contributed by atoms with Gasteiger partial charge in [-0.1, -0.05) is 39.0 Å². The molecule has 0 saturated carbocycles. The van der Waals surface area contributed by atoms with Crippen molar-refractivity contribution in [1.82, 2.24) is 0 Å². The second kappa shape index (κ2) is 4.91. The average molecular weight is 234 g/mol. The molecular formula is C15H22O2. The Balaban J connectivity index is 2.70. The molecule has 2 nitrogen and oxygen atoms in total. The minimum absolute atomic E-state index is 0.110. The first-order chi connectivity index (χ1) is 7.71. The summed E-state index contributed by atoms with van der Waals surface area (Å²) >= 11 is 0. The van der Waals surface area contributed by atoms with Gasteiger partial charge in [0.1, 0.15) is 5.75 Å². The van der Waals surface area contributed by atoms with Crippen LogP contribution >= 0.6 is 0 Å². The zero-order chi connectivity index (χ0) is 13.1. The largest absolute Gasteiger partial charge is 0.426 e. The van der Waals surface area contributed by atoms with Crippen LogP contribution in [0.5, 0.6) is 5.75 Å². The van der Waals surface area contributed by atoms with Gasteiger partial charge in [0.15, 0.2) is 0 Å². The first-order valence-electron chi connectivity index (χ1n) is 5.98. The molecule has 0 saturated heterocycles. The van der Waals surface area contributed by atoms with Crippen molar-refractivity contribution < 1.29 is 9.53 Å². The third-order valence-electron chi connectivity index (χ3n) is 2.48. The highest BCUT2D eigenvalue weighted by Crippen LogP contribution is 2.34. The number of rotatable bonds is 3. The van der Waals surface area contributed by atoms with Crippen LogP contribution in [0.4, 0.5) is 0 Å². The maximum absolute atomic E-state index is 12.1. The fraction of sp³-hybridized carbons (Fsp3) is 0.533. The van der Waals surface area contributed by atoms with Crippen LogP contribution in [0.25, 0.3) is 0 Å². The van der Waals surface area contributed by atoms with Crippen LogP contribution in [0.2, 0.25) is 0 Å². The molecule has 0 aliphatic carbocycles.